The molecule has 3 rings (SSSR count). The minimum absolute atomic E-state index is 0.253. The molecule has 0 N–H and O–H groups in total. The molecule has 25 heavy (non-hydrogen) atoms. The molecule has 2 aromatic carbocycles. The molecule has 1 heterocycles. The highest BCUT2D eigenvalue weighted by Crippen LogP contribution is 2.30. The smallest absolute Gasteiger partial charge is 0.344 e. The average Bonchev–Trinajstić information content (AvgIpc) is 2.65. The highest BCUT2D eigenvalue weighted by atomic mass is 16.6. The van der Waals surface area contributed by atoms with E-state index in [1.807, 2.05) is 19.1 Å². The van der Waals surface area contributed by atoms with Crippen LogP contribution in [-0.4, -0.2) is 38.2 Å². The number of Topliss-reactive ketones (excluding diaryl/α,β-unsaturated/α-hetero) is 1. The van der Waals surface area contributed by atoms with Gasteiger partial charge in [0.2, 0.25) is 0 Å². The lowest BCUT2D eigenvalue weighted by atomic mass is 10.1. The van der Waals surface area contributed by atoms with Crippen molar-refractivity contribution in [2.45, 2.75) is 6.92 Å². The third-order valence-corrected chi connectivity index (χ3v) is 3.61. The first-order valence-electron chi connectivity index (χ1n) is 7.90. The number of fused-ring (bicyclic) bond motifs is 1. The van der Waals surface area contributed by atoms with Crippen LogP contribution in [0.1, 0.15) is 15.9 Å². The van der Waals surface area contributed by atoms with Gasteiger partial charge in [-0.25, -0.2) is 4.79 Å². The summed E-state index contributed by atoms with van der Waals surface area (Å²) in [5.74, 6) is 0.769. The van der Waals surface area contributed by atoms with E-state index in [9.17, 15) is 9.59 Å². The van der Waals surface area contributed by atoms with Gasteiger partial charge in [0.25, 0.3) is 0 Å². The molecule has 0 saturated carbocycles. The van der Waals surface area contributed by atoms with Gasteiger partial charge < -0.3 is 18.9 Å². The summed E-state index contributed by atoms with van der Waals surface area (Å²) in [6.45, 7) is 2.28. The summed E-state index contributed by atoms with van der Waals surface area (Å²) in [6, 6.07) is 12.2. The zero-order valence-electron chi connectivity index (χ0n) is 13.8. The van der Waals surface area contributed by atoms with Gasteiger partial charge in [0.15, 0.2) is 30.5 Å². The van der Waals surface area contributed by atoms with Crippen molar-refractivity contribution in [3.05, 3.63) is 53.6 Å². The molecule has 0 aliphatic carbocycles. The van der Waals surface area contributed by atoms with E-state index in [0.29, 0.717) is 36.0 Å². The molecule has 0 unspecified atom stereocenters. The Labute approximate surface area is 145 Å². The van der Waals surface area contributed by atoms with Crippen molar-refractivity contribution in [2.75, 3.05) is 26.4 Å². The molecule has 6 nitrogen and oxygen atoms in total. The Hall–Kier alpha value is -3.02. The van der Waals surface area contributed by atoms with E-state index in [2.05, 4.69) is 0 Å². The summed E-state index contributed by atoms with van der Waals surface area (Å²) in [5.41, 5.74) is 1.50. The number of benzene rings is 2. The lowest BCUT2D eigenvalue weighted by Crippen LogP contribution is -2.20. The van der Waals surface area contributed by atoms with E-state index in [1.165, 1.54) is 0 Å². The lowest BCUT2D eigenvalue weighted by molar-refractivity contribution is -0.144. The fraction of sp³-hybridized carbons (Fsp3) is 0.263. The Kier molecular flexibility index (Phi) is 5.18. The molecule has 0 radical (unpaired) electrons. The van der Waals surface area contributed by atoms with Crippen molar-refractivity contribution < 1.29 is 28.5 Å². The van der Waals surface area contributed by atoms with E-state index in [4.69, 9.17) is 18.9 Å². The molecule has 0 amide bonds. The number of hydrogen-bond acceptors (Lipinski definition) is 6. The van der Waals surface area contributed by atoms with Gasteiger partial charge in [0, 0.05) is 5.56 Å². The van der Waals surface area contributed by atoms with Gasteiger partial charge in [-0.1, -0.05) is 17.7 Å². The Morgan fingerprint density at radius 1 is 0.960 bits per heavy atom. The molecular weight excluding hydrogens is 324 g/mol. The molecule has 6 heteroatoms. The summed E-state index contributed by atoms with van der Waals surface area (Å²) in [7, 11) is 0. The summed E-state index contributed by atoms with van der Waals surface area (Å²) >= 11 is 0. The third-order valence-electron chi connectivity index (χ3n) is 3.61. The molecule has 1 aliphatic heterocycles. The molecule has 0 fully saturated rings. The first-order valence-corrected chi connectivity index (χ1v) is 7.90. The zero-order chi connectivity index (χ0) is 17.6. The highest BCUT2D eigenvalue weighted by molar-refractivity contribution is 5.98. The lowest BCUT2D eigenvalue weighted by Gasteiger charge is -2.18. The van der Waals surface area contributed by atoms with Gasteiger partial charge in [-0.05, 0) is 37.3 Å². The van der Waals surface area contributed by atoms with Gasteiger partial charge in [0.1, 0.15) is 19.0 Å². The van der Waals surface area contributed by atoms with Crippen molar-refractivity contribution >= 4 is 11.8 Å². The van der Waals surface area contributed by atoms with Crippen LogP contribution in [0.15, 0.2) is 42.5 Å². The molecule has 2 aromatic rings. The standard InChI is InChI=1S/C19H18O6/c1-13-2-5-15(6-3-13)24-12-19(21)25-11-16(20)14-4-7-17-18(10-14)23-9-8-22-17/h2-7,10H,8-9,11-12H2,1H3. The fourth-order valence-corrected chi connectivity index (χ4v) is 2.26. The Balaban J connectivity index is 1.48. The van der Waals surface area contributed by atoms with E-state index in [0.717, 1.165) is 5.56 Å². The number of carbonyl (C=O) groups excluding carboxylic acids is 2. The summed E-state index contributed by atoms with van der Waals surface area (Å²) in [4.78, 5) is 23.8. The molecular formula is C19H18O6. The summed E-state index contributed by atoms with van der Waals surface area (Å²) < 4.78 is 21.1. The topological polar surface area (TPSA) is 71.1 Å². The first-order chi connectivity index (χ1) is 12.1. The number of hydrogen-bond donors (Lipinski definition) is 0. The number of aryl methyl sites for hydroxylation is 1. The minimum atomic E-state index is -0.605. The maximum Gasteiger partial charge on any atom is 0.344 e. The van der Waals surface area contributed by atoms with Gasteiger partial charge in [-0.15, -0.1) is 0 Å². The minimum Gasteiger partial charge on any atom is -0.486 e. The van der Waals surface area contributed by atoms with E-state index in [-0.39, 0.29) is 19.0 Å². The second-order valence-corrected chi connectivity index (χ2v) is 5.54. The van der Waals surface area contributed by atoms with Crippen molar-refractivity contribution in [1.82, 2.24) is 0 Å². The Bertz CT molecular complexity index is 766. The van der Waals surface area contributed by atoms with Crippen LogP contribution < -0.4 is 14.2 Å². The van der Waals surface area contributed by atoms with Crippen molar-refractivity contribution in [3.8, 4) is 17.2 Å². The second kappa shape index (κ2) is 7.70. The highest BCUT2D eigenvalue weighted by Gasteiger charge is 2.16. The maximum atomic E-state index is 12.1. The predicted molar refractivity (Wildman–Crippen MR) is 89.4 cm³/mol. The van der Waals surface area contributed by atoms with Crippen LogP contribution in [0.2, 0.25) is 0 Å². The third kappa shape index (κ3) is 4.50. The normalized spacial score (nSPS) is 12.4. The largest absolute Gasteiger partial charge is 0.486 e. The van der Waals surface area contributed by atoms with E-state index >= 15 is 0 Å². The van der Waals surface area contributed by atoms with Crippen molar-refractivity contribution in [2.24, 2.45) is 0 Å². The number of rotatable bonds is 6. The van der Waals surface area contributed by atoms with Crippen LogP contribution in [0.4, 0.5) is 0 Å². The van der Waals surface area contributed by atoms with Gasteiger partial charge in [-0.3, -0.25) is 4.79 Å². The molecule has 0 aromatic heterocycles. The zero-order valence-corrected chi connectivity index (χ0v) is 13.8. The molecule has 0 saturated heterocycles. The van der Waals surface area contributed by atoms with Crippen molar-refractivity contribution in [1.29, 1.82) is 0 Å². The first kappa shape index (κ1) is 16.8. The summed E-state index contributed by atoms with van der Waals surface area (Å²) in [5, 5.41) is 0. The number of ether oxygens (including phenoxy) is 4. The van der Waals surface area contributed by atoms with Gasteiger partial charge in [0.05, 0.1) is 0 Å². The van der Waals surface area contributed by atoms with Gasteiger partial charge >= 0.3 is 5.97 Å². The summed E-state index contributed by atoms with van der Waals surface area (Å²) in [6.07, 6.45) is 0. The van der Waals surface area contributed by atoms with Crippen LogP contribution in [0, 0.1) is 6.92 Å². The molecule has 1 aliphatic rings. The van der Waals surface area contributed by atoms with Crippen LogP contribution in [0.25, 0.3) is 0 Å². The number of ketones is 1. The molecule has 0 atom stereocenters. The quantitative estimate of drug-likeness (QED) is 0.593. The second-order valence-electron chi connectivity index (χ2n) is 5.54. The van der Waals surface area contributed by atoms with Crippen molar-refractivity contribution in [3.63, 3.8) is 0 Å². The molecule has 0 spiro atoms. The van der Waals surface area contributed by atoms with Crippen LogP contribution in [0.3, 0.4) is 0 Å². The number of carbonyl (C=O) groups is 2. The predicted octanol–water partition coefficient (Wildman–Crippen LogP) is 2.57. The van der Waals surface area contributed by atoms with Crippen LogP contribution in [-0.2, 0) is 9.53 Å². The van der Waals surface area contributed by atoms with Gasteiger partial charge in [-0.2, -0.15) is 0 Å². The Morgan fingerprint density at radius 3 is 2.44 bits per heavy atom. The monoisotopic (exact) mass is 342 g/mol. The molecule has 130 valence electrons. The average molecular weight is 342 g/mol. The SMILES string of the molecule is Cc1ccc(OCC(=O)OCC(=O)c2ccc3c(c2)OCCO3)cc1. The maximum absolute atomic E-state index is 12.1. The molecule has 0 bridgehead atoms. The van der Waals surface area contributed by atoms with E-state index < -0.39 is 5.97 Å². The fourth-order valence-electron chi connectivity index (χ4n) is 2.26. The van der Waals surface area contributed by atoms with Crippen LogP contribution in [0.5, 0.6) is 17.2 Å². The number of esters is 1. The Morgan fingerprint density at radius 2 is 1.68 bits per heavy atom. The van der Waals surface area contributed by atoms with E-state index in [1.54, 1.807) is 30.3 Å². The van der Waals surface area contributed by atoms with Crippen LogP contribution >= 0.6 is 0 Å².